The topological polar surface area (TPSA) is 67.4 Å². The fourth-order valence-corrected chi connectivity index (χ4v) is 1.89. The van der Waals surface area contributed by atoms with Crippen molar-refractivity contribution in [3.63, 3.8) is 0 Å². The van der Waals surface area contributed by atoms with Crippen molar-refractivity contribution in [2.45, 2.75) is 53.0 Å². The van der Waals surface area contributed by atoms with Crippen LogP contribution in [0, 0.1) is 5.41 Å². The molecule has 1 aliphatic heterocycles. The Morgan fingerprint density at radius 1 is 1.19 bits per heavy atom. The van der Waals surface area contributed by atoms with Crippen molar-refractivity contribution < 1.29 is 14.3 Å². The Hall–Kier alpha value is -1.10. The number of amides is 2. The molecule has 16 heavy (non-hydrogen) atoms. The second-order valence-electron chi connectivity index (χ2n) is 4.30. The number of nitrogens with one attached hydrogen (secondary N) is 2. The maximum atomic E-state index is 11.9. The van der Waals surface area contributed by atoms with Gasteiger partial charge in [0.15, 0.2) is 0 Å². The van der Waals surface area contributed by atoms with Crippen LogP contribution in [0.2, 0.25) is 0 Å². The van der Waals surface area contributed by atoms with E-state index in [-0.39, 0.29) is 17.9 Å². The first kappa shape index (κ1) is 13.0. The lowest BCUT2D eigenvalue weighted by atomic mass is 9.79. The molecule has 5 heteroatoms. The van der Waals surface area contributed by atoms with Gasteiger partial charge in [-0.05, 0) is 26.7 Å². The van der Waals surface area contributed by atoms with Gasteiger partial charge in [0.05, 0.1) is 6.10 Å². The molecule has 1 rings (SSSR count). The second-order valence-corrected chi connectivity index (χ2v) is 4.30. The Morgan fingerprint density at radius 3 is 1.94 bits per heavy atom. The summed E-state index contributed by atoms with van der Waals surface area (Å²) in [5, 5.41) is 5.36. The highest BCUT2D eigenvalue weighted by Gasteiger charge is 2.47. The molecule has 0 aromatic rings. The van der Waals surface area contributed by atoms with Gasteiger partial charge in [0.25, 0.3) is 0 Å². The summed E-state index contributed by atoms with van der Waals surface area (Å²) in [5.74, 6) is -0.487. The second kappa shape index (κ2) is 4.82. The first-order valence-electron chi connectivity index (χ1n) is 5.73. The highest BCUT2D eigenvalue weighted by atomic mass is 16.5. The van der Waals surface area contributed by atoms with E-state index >= 15 is 0 Å². The molecule has 1 heterocycles. The molecule has 0 spiro atoms. The number of hydrogen-bond donors (Lipinski definition) is 2. The number of carbonyl (C=O) groups excluding carboxylic acids is 2. The summed E-state index contributed by atoms with van der Waals surface area (Å²) in [4.78, 5) is 23.9. The van der Waals surface area contributed by atoms with Crippen molar-refractivity contribution in [1.82, 2.24) is 10.6 Å². The molecule has 5 nitrogen and oxygen atoms in total. The first-order valence-corrected chi connectivity index (χ1v) is 5.73. The summed E-state index contributed by atoms with van der Waals surface area (Å²) in [6.45, 7) is 7.37. The summed E-state index contributed by atoms with van der Waals surface area (Å²) >= 11 is 0. The van der Waals surface area contributed by atoms with Crippen molar-refractivity contribution in [1.29, 1.82) is 0 Å². The number of rotatable bonds is 4. The van der Waals surface area contributed by atoms with E-state index in [1.807, 2.05) is 27.7 Å². The molecule has 2 amide bonds. The molecule has 92 valence electrons. The zero-order valence-corrected chi connectivity index (χ0v) is 10.3. The van der Waals surface area contributed by atoms with Gasteiger partial charge >= 0.3 is 0 Å². The summed E-state index contributed by atoms with van der Waals surface area (Å²) in [6.07, 6.45) is 0.234. The molecule has 0 unspecified atom stereocenters. The van der Waals surface area contributed by atoms with Gasteiger partial charge in [-0.25, -0.2) is 0 Å². The van der Waals surface area contributed by atoms with E-state index in [2.05, 4.69) is 10.6 Å². The van der Waals surface area contributed by atoms with Crippen LogP contribution in [0.4, 0.5) is 0 Å². The number of hydrogen-bond acceptors (Lipinski definition) is 3. The molecule has 1 fully saturated rings. The molecule has 1 saturated heterocycles. The van der Waals surface area contributed by atoms with Gasteiger partial charge in [0, 0.05) is 0 Å². The monoisotopic (exact) mass is 228 g/mol. The van der Waals surface area contributed by atoms with Crippen LogP contribution in [0.5, 0.6) is 0 Å². The average molecular weight is 228 g/mol. The predicted molar refractivity (Wildman–Crippen MR) is 59.3 cm³/mol. The third kappa shape index (κ3) is 2.19. The third-order valence-electron chi connectivity index (χ3n) is 3.01. The van der Waals surface area contributed by atoms with Crippen LogP contribution in [0.25, 0.3) is 0 Å². The zero-order chi connectivity index (χ0) is 12.3. The number of carbonyl (C=O) groups is 2. The van der Waals surface area contributed by atoms with E-state index in [1.54, 1.807) is 0 Å². The highest BCUT2D eigenvalue weighted by molar-refractivity contribution is 6.06. The molecule has 0 radical (unpaired) electrons. The van der Waals surface area contributed by atoms with Gasteiger partial charge in [0.1, 0.15) is 5.41 Å². The van der Waals surface area contributed by atoms with E-state index < -0.39 is 11.8 Å². The highest BCUT2D eigenvalue weighted by Crippen LogP contribution is 2.29. The smallest absolute Gasteiger partial charge is 0.239 e. The van der Waals surface area contributed by atoms with Crippen LogP contribution in [-0.4, -0.2) is 24.3 Å². The summed E-state index contributed by atoms with van der Waals surface area (Å²) in [6, 6.07) is 0. The largest absolute Gasteiger partial charge is 0.338 e. The molecule has 1 aliphatic rings. The maximum absolute atomic E-state index is 11.9. The fourth-order valence-electron chi connectivity index (χ4n) is 1.89. The zero-order valence-electron chi connectivity index (χ0n) is 10.3. The Labute approximate surface area is 95.9 Å². The van der Waals surface area contributed by atoms with Gasteiger partial charge < -0.3 is 15.4 Å². The molecule has 0 aliphatic carbocycles. The van der Waals surface area contributed by atoms with E-state index in [0.717, 1.165) is 0 Å². The van der Waals surface area contributed by atoms with Crippen LogP contribution in [0.15, 0.2) is 0 Å². The molecule has 0 aromatic carbocycles. The van der Waals surface area contributed by atoms with Crippen LogP contribution in [0.3, 0.4) is 0 Å². The standard InChI is InChI=1S/C11H20N2O3/c1-5-11(6-2)8(14)12-10(13-9(11)15)16-7(3)4/h7,10H,5-6H2,1-4H3,(H,12,14)(H,13,15). The Balaban J connectivity index is 2.79. The van der Waals surface area contributed by atoms with E-state index in [0.29, 0.717) is 12.8 Å². The van der Waals surface area contributed by atoms with Crippen molar-refractivity contribution in [3.05, 3.63) is 0 Å². The summed E-state index contributed by atoms with van der Waals surface area (Å²) in [5.41, 5.74) is -0.934. The van der Waals surface area contributed by atoms with Gasteiger partial charge in [-0.1, -0.05) is 13.8 Å². The van der Waals surface area contributed by atoms with Crippen molar-refractivity contribution >= 4 is 11.8 Å². The predicted octanol–water partition coefficient (Wildman–Crippen LogP) is 0.747. The third-order valence-corrected chi connectivity index (χ3v) is 3.01. The van der Waals surface area contributed by atoms with E-state index in [9.17, 15) is 9.59 Å². The van der Waals surface area contributed by atoms with E-state index in [1.165, 1.54) is 0 Å². The van der Waals surface area contributed by atoms with E-state index in [4.69, 9.17) is 4.74 Å². The van der Waals surface area contributed by atoms with Crippen molar-refractivity contribution in [3.8, 4) is 0 Å². The molecule has 2 N–H and O–H groups in total. The molecule has 0 saturated carbocycles. The molecule has 0 bridgehead atoms. The number of ether oxygens (including phenoxy) is 1. The average Bonchev–Trinajstić information content (AvgIpc) is 2.17. The van der Waals surface area contributed by atoms with Crippen molar-refractivity contribution in [2.75, 3.05) is 0 Å². The fraction of sp³-hybridized carbons (Fsp3) is 0.818. The lowest BCUT2D eigenvalue weighted by Gasteiger charge is -2.37. The Morgan fingerprint density at radius 2 is 1.62 bits per heavy atom. The van der Waals surface area contributed by atoms with Crippen molar-refractivity contribution in [2.24, 2.45) is 5.41 Å². The van der Waals surface area contributed by atoms with Gasteiger partial charge in [-0.3, -0.25) is 9.59 Å². The van der Waals surface area contributed by atoms with Crippen LogP contribution in [-0.2, 0) is 14.3 Å². The normalized spacial score (nSPS) is 20.8. The SMILES string of the molecule is CCC1(CC)C(=O)NC(OC(C)C)NC1=O. The molecular weight excluding hydrogens is 208 g/mol. The maximum Gasteiger partial charge on any atom is 0.239 e. The van der Waals surface area contributed by atoms with Crippen LogP contribution < -0.4 is 10.6 Å². The van der Waals surface area contributed by atoms with Gasteiger partial charge in [0.2, 0.25) is 18.2 Å². The van der Waals surface area contributed by atoms with Crippen LogP contribution in [0.1, 0.15) is 40.5 Å². The summed E-state index contributed by atoms with van der Waals surface area (Å²) in [7, 11) is 0. The lowest BCUT2D eigenvalue weighted by molar-refractivity contribution is -0.160. The quantitative estimate of drug-likeness (QED) is 0.698. The van der Waals surface area contributed by atoms with Crippen LogP contribution >= 0.6 is 0 Å². The summed E-state index contributed by atoms with van der Waals surface area (Å²) < 4.78 is 5.35. The van der Waals surface area contributed by atoms with Gasteiger partial charge in [-0.2, -0.15) is 0 Å². The van der Waals surface area contributed by atoms with Gasteiger partial charge in [-0.15, -0.1) is 0 Å². The molecule has 0 aromatic heterocycles. The minimum absolute atomic E-state index is 0.0543. The minimum Gasteiger partial charge on any atom is -0.338 e. The lowest BCUT2D eigenvalue weighted by Crippen LogP contribution is -2.65. The molecular formula is C11H20N2O3. The Kier molecular flexibility index (Phi) is 3.91. The first-order chi connectivity index (χ1) is 7.46. The Bertz CT molecular complexity index is 265. The minimum atomic E-state index is -0.934. The molecule has 0 atom stereocenters.